The standard InChI is InChI=1S/C22H29N5O4/c1-6-27-20(29)18-17(19(28)25-14(2)3)24-13-26(18)12-22(27,4)21(30)23-11-15-7-9-16(31-5)10-8-15/h7-10,13-14H,6,11-12H2,1-5H3,(H,23,30)(H,25,28). The Kier molecular flexibility index (Phi) is 6.33. The molecule has 1 atom stereocenters. The Balaban J connectivity index is 1.82. The average molecular weight is 428 g/mol. The third kappa shape index (κ3) is 4.26. The molecule has 9 heteroatoms. The lowest BCUT2D eigenvalue weighted by Gasteiger charge is -2.43. The predicted octanol–water partition coefficient (Wildman–Crippen LogP) is 1.58. The van der Waals surface area contributed by atoms with Gasteiger partial charge in [0.2, 0.25) is 5.91 Å². The van der Waals surface area contributed by atoms with E-state index in [1.54, 1.807) is 18.6 Å². The Bertz CT molecular complexity index is 982. The van der Waals surface area contributed by atoms with Crippen LogP contribution >= 0.6 is 0 Å². The van der Waals surface area contributed by atoms with Crippen LogP contribution in [0.2, 0.25) is 0 Å². The van der Waals surface area contributed by atoms with Crippen molar-refractivity contribution in [2.75, 3.05) is 13.7 Å². The highest BCUT2D eigenvalue weighted by atomic mass is 16.5. The van der Waals surface area contributed by atoms with Gasteiger partial charge in [0, 0.05) is 19.1 Å². The van der Waals surface area contributed by atoms with Crippen molar-refractivity contribution in [3.63, 3.8) is 0 Å². The maximum atomic E-state index is 13.3. The molecule has 2 N–H and O–H groups in total. The Morgan fingerprint density at radius 1 is 1.26 bits per heavy atom. The molecule has 0 fully saturated rings. The van der Waals surface area contributed by atoms with Gasteiger partial charge in [0.15, 0.2) is 5.69 Å². The number of benzene rings is 1. The van der Waals surface area contributed by atoms with Crippen LogP contribution < -0.4 is 15.4 Å². The number of hydrogen-bond acceptors (Lipinski definition) is 5. The SMILES string of the molecule is CCN1C(=O)c2c(C(=O)NC(C)C)ncn2CC1(C)C(=O)NCc1ccc(OC)cc1. The number of rotatable bonds is 7. The zero-order chi connectivity index (χ0) is 22.8. The fraction of sp³-hybridized carbons (Fsp3) is 0.455. The number of carbonyl (C=O) groups is 3. The van der Waals surface area contributed by atoms with Crippen LogP contribution in [0.4, 0.5) is 0 Å². The van der Waals surface area contributed by atoms with Gasteiger partial charge in [-0.25, -0.2) is 4.98 Å². The molecule has 0 aliphatic carbocycles. The van der Waals surface area contributed by atoms with E-state index in [4.69, 9.17) is 4.74 Å². The van der Waals surface area contributed by atoms with Crippen LogP contribution in [0.5, 0.6) is 5.75 Å². The number of nitrogens with one attached hydrogen (secondary N) is 2. The second-order valence-electron chi connectivity index (χ2n) is 8.05. The molecule has 166 valence electrons. The molecule has 1 aliphatic rings. The van der Waals surface area contributed by atoms with Crippen LogP contribution in [-0.4, -0.2) is 57.4 Å². The van der Waals surface area contributed by atoms with Crippen molar-refractivity contribution in [2.24, 2.45) is 0 Å². The topological polar surface area (TPSA) is 106 Å². The van der Waals surface area contributed by atoms with Crippen molar-refractivity contribution in [1.29, 1.82) is 0 Å². The van der Waals surface area contributed by atoms with Gasteiger partial charge in [-0.05, 0) is 45.4 Å². The molecule has 3 rings (SSSR count). The molecule has 1 aromatic carbocycles. The highest BCUT2D eigenvalue weighted by Crippen LogP contribution is 2.28. The molecule has 31 heavy (non-hydrogen) atoms. The number of aromatic nitrogens is 2. The Morgan fingerprint density at radius 3 is 2.52 bits per heavy atom. The summed E-state index contributed by atoms with van der Waals surface area (Å²) < 4.78 is 6.74. The number of imidazole rings is 1. The van der Waals surface area contributed by atoms with E-state index in [2.05, 4.69) is 15.6 Å². The van der Waals surface area contributed by atoms with Crippen molar-refractivity contribution < 1.29 is 19.1 Å². The van der Waals surface area contributed by atoms with Gasteiger partial charge in [-0.3, -0.25) is 14.4 Å². The van der Waals surface area contributed by atoms with E-state index >= 15 is 0 Å². The summed E-state index contributed by atoms with van der Waals surface area (Å²) in [5, 5.41) is 5.70. The largest absolute Gasteiger partial charge is 0.497 e. The number of likely N-dealkylation sites (N-methyl/N-ethyl adjacent to an activating group) is 1. The molecule has 0 bridgehead atoms. The summed E-state index contributed by atoms with van der Waals surface area (Å²) in [5.74, 6) is -0.323. The van der Waals surface area contributed by atoms with Crippen LogP contribution in [0.3, 0.4) is 0 Å². The van der Waals surface area contributed by atoms with E-state index in [-0.39, 0.29) is 35.8 Å². The summed E-state index contributed by atoms with van der Waals surface area (Å²) in [6, 6.07) is 7.32. The lowest BCUT2D eigenvalue weighted by molar-refractivity contribution is -0.132. The van der Waals surface area contributed by atoms with Crippen molar-refractivity contribution in [3.05, 3.63) is 47.5 Å². The molecular weight excluding hydrogens is 398 g/mol. The van der Waals surface area contributed by atoms with Gasteiger partial charge in [-0.15, -0.1) is 0 Å². The molecule has 0 spiro atoms. The van der Waals surface area contributed by atoms with E-state index in [0.717, 1.165) is 11.3 Å². The zero-order valence-corrected chi connectivity index (χ0v) is 18.6. The van der Waals surface area contributed by atoms with Crippen LogP contribution in [0.25, 0.3) is 0 Å². The van der Waals surface area contributed by atoms with Gasteiger partial charge in [-0.1, -0.05) is 12.1 Å². The van der Waals surface area contributed by atoms with Crippen LogP contribution in [0, 0.1) is 0 Å². The highest BCUT2D eigenvalue weighted by Gasteiger charge is 2.48. The maximum Gasteiger partial charge on any atom is 0.273 e. The van der Waals surface area contributed by atoms with Crippen LogP contribution in [0.15, 0.2) is 30.6 Å². The summed E-state index contributed by atoms with van der Waals surface area (Å²) >= 11 is 0. The molecule has 1 unspecified atom stereocenters. The first-order valence-corrected chi connectivity index (χ1v) is 10.3. The number of fused-ring (bicyclic) bond motifs is 1. The van der Waals surface area contributed by atoms with Gasteiger partial charge in [0.05, 0.1) is 20.0 Å². The quantitative estimate of drug-likeness (QED) is 0.698. The normalized spacial score (nSPS) is 18.0. The van der Waals surface area contributed by atoms with Gasteiger partial charge in [0.1, 0.15) is 17.0 Å². The Morgan fingerprint density at radius 2 is 1.94 bits per heavy atom. The highest BCUT2D eigenvalue weighted by molar-refractivity contribution is 6.07. The van der Waals surface area contributed by atoms with E-state index in [0.29, 0.717) is 13.1 Å². The molecule has 1 aromatic heterocycles. The molecule has 0 radical (unpaired) electrons. The maximum absolute atomic E-state index is 13.3. The van der Waals surface area contributed by atoms with E-state index in [1.165, 1.54) is 11.2 Å². The first-order valence-electron chi connectivity index (χ1n) is 10.3. The van der Waals surface area contributed by atoms with E-state index in [9.17, 15) is 14.4 Å². The summed E-state index contributed by atoms with van der Waals surface area (Å²) in [4.78, 5) is 44.6. The van der Waals surface area contributed by atoms with E-state index < -0.39 is 11.4 Å². The lowest BCUT2D eigenvalue weighted by atomic mass is 9.94. The minimum absolute atomic E-state index is 0.0813. The molecule has 1 aliphatic heterocycles. The van der Waals surface area contributed by atoms with Gasteiger partial charge < -0.3 is 24.8 Å². The number of hydrogen-bond donors (Lipinski definition) is 2. The summed E-state index contributed by atoms with van der Waals surface area (Å²) in [6.45, 7) is 8.07. The van der Waals surface area contributed by atoms with Crippen molar-refractivity contribution in [3.8, 4) is 5.75 Å². The zero-order valence-electron chi connectivity index (χ0n) is 18.6. The molecule has 0 saturated heterocycles. The molecule has 3 amide bonds. The number of carbonyl (C=O) groups excluding carboxylic acids is 3. The summed E-state index contributed by atoms with van der Waals surface area (Å²) in [5.41, 5.74) is 0.0924. The second-order valence-corrected chi connectivity index (χ2v) is 8.05. The van der Waals surface area contributed by atoms with Crippen molar-refractivity contribution >= 4 is 17.7 Å². The van der Waals surface area contributed by atoms with Gasteiger partial charge in [0.25, 0.3) is 11.8 Å². The minimum atomic E-state index is -1.11. The summed E-state index contributed by atoms with van der Waals surface area (Å²) in [6.07, 6.45) is 1.45. The number of methoxy groups -OCH3 is 1. The van der Waals surface area contributed by atoms with Crippen LogP contribution in [-0.2, 0) is 17.9 Å². The summed E-state index contributed by atoms with van der Waals surface area (Å²) in [7, 11) is 1.60. The van der Waals surface area contributed by atoms with Gasteiger partial charge >= 0.3 is 0 Å². The minimum Gasteiger partial charge on any atom is -0.497 e. The average Bonchev–Trinajstić information content (AvgIpc) is 3.16. The molecular formula is C22H29N5O4. The Labute approximate surface area is 181 Å². The first kappa shape index (κ1) is 22.3. The van der Waals surface area contributed by atoms with Gasteiger partial charge in [-0.2, -0.15) is 0 Å². The molecule has 2 heterocycles. The van der Waals surface area contributed by atoms with Crippen molar-refractivity contribution in [2.45, 2.75) is 52.4 Å². The first-order chi connectivity index (χ1) is 14.7. The van der Waals surface area contributed by atoms with Crippen molar-refractivity contribution in [1.82, 2.24) is 25.1 Å². The third-order valence-corrected chi connectivity index (χ3v) is 5.41. The molecule has 2 aromatic rings. The third-order valence-electron chi connectivity index (χ3n) is 5.41. The molecule has 0 saturated carbocycles. The van der Waals surface area contributed by atoms with Crippen LogP contribution in [0.1, 0.15) is 54.2 Å². The fourth-order valence-electron chi connectivity index (χ4n) is 3.80. The molecule has 9 nitrogen and oxygen atoms in total. The number of ether oxygens (including phenoxy) is 1. The smallest absolute Gasteiger partial charge is 0.273 e. The lowest BCUT2D eigenvalue weighted by Crippen LogP contribution is -2.63. The number of nitrogens with zero attached hydrogens (tertiary/aromatic N) is 3. The van der Waals surface area contributed by atoms with E-state index in [1.807, 2.05) is 45.0 Å². The fourth-order valence-corrected chi connectivity index (χ4v) is 3.80. The Hall–Kier alpha value is -3.36. The number of amides is 3. The second kappa shape index (κ2) is 8.79. The predicted molar refractivity (Wildman–Crippen MR) is 115 cm³/mol. The monoisotopic (exact) mass is 427 g/mol.